The molecule has 0 unspecified atom stereocenters. The van der Waals surface area contributed by atoms with Crippen LogP contribution in [-0.4, -0.2) is 19.7 Å². The van der Waals surface area contributed by atoms with Crippen molar-refractivity contribution in [2.45, 2.75) is 6.92 Å². The van der Waals surface area contributed by atoms with Gasteiger partial charge in [0.25, 0.3) is 0 Å². The average Bonchev–Trinajstić information content (AvgIpc) is 3.02. The summed E-state index contributed by atoms with van der Waals surface area (Å²) in [6.45, 7) is 2.08. The van der Waals surface area contributed by atoms with Crippen LogP contribution >= 0.6 is 0 Å². The van der Waals surface area contributed by atoms with E-state index in [1.54, 1.807) is 37.5 Å². The summed E-state index contributed by atoms with van der Waals surface area (Å²) in [4.78, 5) is 12.2. The summed E-state index contributed by atoms with van der Waals surface area (Å²) in [7, 11) is 1.59. The molecule has 5 heteroatoms. The van der Waals surface area contributed by atoms with Crippen LogP contribution in [0.5, 0.6) is 17.2 Å². The number of anilines is 1. The third-order valence-corrected chi connectivity index (χ3v) is 3.44. The molecule has 5 nitrogen and oxygen atoms in total. The summed E-state index contributed by atoms with van der Waals surface area (Å²) in [6.07, 6.45) is 1.56. The molecule has 23 heavy (non-hydrogen) atoms. The van der Waals surface area contributed by atoms with E-state index < -0.39 is 0 Å². The van der Waals surface area contributed by atoms with Crippen LogP contribution in [0.2, 0.25) is 0 Å². The lowest BCUT2D eigenvalue weighted by atomic mass is 10.1. The molecule has 0 fully saturated rings. The number of ketones is 1. The molecule has 0 spiro atoms. The second kappa shape index (κ2) is 6.44. The third-order valence-electron chi connectivity index (χ3n) is 3.44. The fourth-order valence-electron chi connectivity index (χ4n) is 2.27. The van der Waals surface area contributed by atoms with E-state index in [1.165, 1.54) is 0 Å². The molecular weight excluding hydrogens is 294 g/mol. The zero-order valence-corrected chi connectivity index (χ0v) is 13.0. The summed E-state index contributed by atoms with van der Waals surface area (Å²) >= 11 is 0. The average molecular weight is 311 g/mol. The number of ether oxygens (including phenoxy) is 3. The van der Waals surface area contributed by atoms with Gasteiger partial charge in [-0.15, -0.1) is 0 Å². The summed E-state index contributed by atoms with van der Waals surface area (Å²) in [5.41, 5.74) is 2.19. The number of benzene rings is 2. The lowest BCUT2D eigenvalue weighted by Gasteiger charge is -2.07. The van der Waals surface area contributed by atoms with Gasteiger partial charge in [-0.3, -0.25) is 4.79 Å². The first-order valence-electron chi connectivity index (χ1n) is 7.19. The normalized spacial score (nSPS) is 12.9. The van der Waals surface area contributed by atoms with Crippen molar-refractivity contribution in [3.8, 4) is 17.2 Å². The van der Waals surface area contributed by atoms with Gasteiger partial charge in [0.2, 0.25) is 6.79 Å². The van der Waals surface area contributed by atoms with E-state index >= 15 is 0 Å². The highest BCUT2D eigenvalue weighted by Gasteiger charge is 2.13. The molecule has 1 N–H and O–H groups in total. The van der Waals surface area contributed by atoms with E-state index in [4.69, 9.17) is 14.2 Å². The Balaban J connectivity index is 1.70. The first-order chi connectivity index (χ1) is 11.2. The van der Waals surface area contributed by atoms with E-state index in [0.717, 1.165) is 22.9 Å². The number of hydrogen-bond donors (Lipinski definition) is 1. The minimum atomic E-state index is -0.0709. The topological polar surface area (TPSA) is 56.8 Å². The molecule has 2 aromatic rings. The zero-order chi connectivity index (χ0) is 16.2. The van der Waals surface area contributed by atoms with E-state index in [1.807, 2.05) is 25.1 Å². The van der Waals surface area contributed by atoms with E-state index in [2.05, 4.69) is 5.32 Å². The Labute approximate surface area is 134 Å². The van der Waals surface area contributed by atoms with Crippen molar-refractivity contribution in [2.75, 3.05) is 19.2 Å². The predicted octanol–water partition coefficient (Wildman–Crippen LogP) is 3.62. The molecule has 1 aliphatic heterocycles. The predicted molar refractivity (Wildman–Crippen MR) is 87.3 cm³/mol. The highest BCUT2D eigenvalue weighted by Crippen LogP contribution is 2.34. The molecule has 0 atom stereocenters. The van der Waals surface area contributed by atoms with E-state index in [0.29, 0.717) is 11.3 Å². The molecule has 0 radical (unpaired) electrons. The molecule has 0 saturated heterocycles. The molecule has 0 saturated carbocycles. The largest absolute Gasteiger partial charge is 0.497 e. The van der Waals surface area contributed by atoms with Gasteiger partial charge in [0, 0.05) is 29.1 Å². The van der Waals surface area contributed by atoms with E-state index in [9.17, 15) is 4.79 Å². The van der Waals surface area contributed by atoms with Gasteiger partial charge in [0.15, 0.2) is 17.3 Å². The minimum absolute atomic E-state index is 0.0709. The molecule has 3 rings (SSSR count). The van der Waals surface area contributed by atoms with Crippen molar-refractivity contribution in [3.05, 3.63) is 59.8 Å². The maximum absolute atomic E-state index is 12.2. The molecule has 1 heterocycles. The van der Waals surface area contributed by atoms with Gasteiger partial charge in [0.1, 0.15) is 5.75 Å². The van der Waals surface area contributed by atoms with Gasteiger partial charge < -0.3 is 19.5 Å². The van der Waals surface area contributed by atoms with Crippen LogP contribution < -0.4 is 19.5 Å². The summed E-state index contributed by atoms with van der Waals surface area (Å²) < 4.78 is 15.7. The monoisotopic (exact) mass is 311 g/mol. The lowest BCUT2D eigenvalue weighted by molar-refractivity contribution is 0.104. The number of allylic oxidation sites excluding steroid dienone is 2. The van der Waals surface area contributed by atoms with Crippen molar-refractivity contribution in [3.63, 3.8) is 0 Å². The van der Waals surface area contributed by atoms with Gasteiger partial charge in [-0.1, -0.05) is 0 Å². The zero-order valence-electron chi connectivity index (χ0n) is 13.0. The number of carbonyl (C=O) groups is 1. The maximum Gasteiger partial charge on any atom is 0.231 e. The Hall–Kier alpha value is -2.95. The Kier molecular flexibility index (Phi) is 4.19. The van der Waals surface area contributed by atoms with Crippen molar-refractivity contribution < 1.29 is 19.0 Å². The van der Waals surface area contributed by atoms with Crippen LogP contribution in [0.1, 0.15) is 17.3 Å². The second-order valence-electron chi connectivity index (χ2n) is 5.11. The minimum Gasteiger partial charge on any atom is -0.497 e. The number of hydrogen-bond acceptors (Lipinski definition) is 5. The lowest BCUT2D eigenvalue weighted by Crippen LogP contribution is -2.01. The van der Waals surface area contributed by atoms with Crippen LogP contribution in [0.3, 0.4) is 0 Å². The van der Waals surface area contributed by atoms with E-state index in [-0.39, 0.29) is 12.6 Å². The number of rotatable bonds is 5. The Morgan fingerprint density at radius 3 is 2.61 bits per heavy atom. The second-order valence-corrected chi connectivity index (χ2v) is 5.11. The molecule has 0 aliphatic carbocycles. The smallest absolute Gasteiger partial charge is 0.231 e. The first kappa shape index (κ1) is 15.0. The van der Waals surface area contributed by atoms with Crippen LogP contribution in [-0.2, 0) is 0 Å². The molecule has 2 aromatic carbocycles. The van der Waals surface area contributed by atoms with Crippen LogP contribution in [0, 0.1) is 0 Å². The highest BCUT2D eigenvalue weighted by molar-refractivity contribution is 6.05. The standard InChI is InChI=1S/C18H17NO4/c1-12(9-16(20)13-3-6-15(21-2)7-4-13)19-14-5-8-17-18(10-14)23-11-22-17/h3-10,19H,11H2,1-2H3/b12-9-. The van der Waals surface area contributed by atoms with Gasteiger partial charge >= 0.3 is 0 Å². The summed E-state index contributed by atoms with van der Waals surface area (Å²) in [5.74, 6) is 2.08. The fourth-order valence-corrected chi connectivity index (χ4v) is 2.27. The number of fused-ring (bicyclic) bond motifs is 1. The third kappa shape index (κ3) is 3.45. The molecule has 0 amide bonds. The molecule has 0 aromatic heterocycles. The summed E-state index contributed by atoms with van der Waals surface area (Å²) in [6, 6.07) is 12.6. The first-order valence-corrected chi connectivity index (χ1v) is 7.19. The SMILES string of the molecule is COc1ccc(C(=O)/C=C(/C)Nc2ccc3c(c2)OCO3)cc1. The van der Waals surface area contributed by atoms with Crippen LogP contribution in [0.25, 0.3) is 0 Å². The molecule has 118 valence electrons. The van der Waals surface area contributed by atoms with Gasteiger partial charge in [0.05, 0.1) is 7.11 Å². The van der Waals surface area contributed by atoms with Gasteiger partial charge in [-0.25, -0.2) is 0 Å². The van der Waals surface area contributed by atoms with Crippen LogP contribution in [0.4, 0.5) is 5.69 Å². The molecule has 1 aliphatic rings. The van der Waals surface area contributed by atoms with Crippen LogP contribution in [0.15, 0.2) is 54.2 Å². The fraction of sp³-hybridized carbons (Fsp3) is 0.167. The number of nitrogens with one attached hydrogen (secondary N) is 1. The molecular formula is C18H17NO4. The number of methoxy groups -OCH3 is 1. The Morgan fingerprint density at radius 1 is 1.13 bits per heavy atom. The highest BCUT2D eigenvalue weighted by atomic mass is 16.7. The maximum atomic E-state index is 12.2. The molecule has 0 bridgehead atoms. The quantitative estimate of drug-likeness (QED) is 0.675. The Morgan fingerprint density at radius 2 is 1.87 bits per heavy atom. The Bertz CT molecular complexity index is 750. The van der Waals surface area contributed by atoms with Crippen molar-refractivity contribution in [2.24, 2.45) is 0 Å². The number of carbonyl (C=O) groups excluding carboxylic acids is 1. The van der Waals surface area contributed by atoms with Crippen molar-refractivity contribution >= 4 is 11.5 Å². The van der Waals surface area contributed by atoms with Crippen molar-refractivity contribution in [1.82, 2.24) is 0 Å². The summed E-state index contributed by atoms with van der Waals surface area (Å²) in [5, 5.41) is 3.17. The van der Waals surface area contributed by atoms with Gasteiger partial charge in [-0.05, 0) is 43.3 Å². The van der Waals surface area contributed by atoms with Crippen molar-refractivity contribution in [1.29, 1.82) is 0 Å². The van der Waals surface area contributed by atoms with Gasteiger partial charge in [-0.2, -0.15) is 0 Å².